The Morgan fingerprint density at radius 2 is 1.89 bits per heavy atom. The molecule has 0 aliphatic carbocycles. The molecule has 2 N–H and O–H groups in total. The average molecular weight is 392 g/mol. The lowest BCUT2D eigenvalue weighted by Gasteiger charge is -2.29. The van der Waals surface area contributed by atoms with Crippen LogP contribution in [0.25, 0.3) is 0 Å². The second-order valence-corrected chi connectivity index (χ2v) is 6.61. The molecule has 1 saturated heterocycles. The van der Waals surface area contributed by atoms with E-state index >= 15 is 0 Å². The van der Waals surface area contributed by atoms with Crippen molar-refractivity contribution in [3.63, 3.8) is 0 Å². The molecule has 1 fully saturated rings. The SMILES string of the molecule is O=C1C[C@@H](c2ccccc2)C[C@@H](COC(=O)Nc2cccc(C(F)(F)F)c2)N1. The van der Waals surface area contributed by atoms with Gasteiger partial charge in [-0.05, 0) is 36.1 Å². The van der Waals surface area contributed by atoms with E-state index in [2.05, 4.69) is 10.6 Å². The molecule has 0 bridgehead atoms. The number of nitrogens with one attached hydrogen (secondary N) is 2. The quantitative estimate of drug-likeness (QED) is 0.815. The van der Waals surface area contributed by atoms with Crippen LogP contribution < -0.4 is 10.6 Å². The van der Waals surface area contributed by atoms with Crippen LogP contribution in [-0.2, 0) is 15.7 Å². The predicted molar refractivity (Wildman–Crippen MR) is 96.8 cm³/mol. The van der Waals surface area contributed by atoms with Crippen LogP contribution in [0, 0.1) is 0 Å². The van der Waals surface area contributed by atoms with Crippen molar-refractivity contribution in [2.24, 2.45) is 0 Å². The normalized spacial score (nSPS) is 19.6. The fourth-order valence-corrected chi connectivity index (χ4v) is 3.19. The number of alkyl halides is 3. The number of hydrogen-bond donors (Lipinski definition) is 2. The van der Waals surface area contributed by atoms with E-state index in [0.717, 1.165) is 17.7 Å². The van der Waals surface area contributed by atoms with Crippen LogP contribution in [0.4, 0.5) is 23.7 Å². The summed E-state index contributed by atoms with van der Waals surface area (Å²) < 4.78 is 43.3. The molecule has 2 aromatic carbocycles. The molecule has 2 aromatic rings. The lowest BCUT2D eigenvalue weighted by atomic mass is 9.86. The van der Waals surface area contributed by atoms with Gasteiger partial charge in [-0.3, -0.25) is 10.1 Å². The highest BCUT2D eigenvalue weighted by Gasteiger charge is 2.31. The number of hydrogen-bond acceptors (Lipinski definition) is 3. The molecule has 0 saturated carbocycles. The summed E-state index contributed by atoms with van der Waals surface area (Å²) in [7, 11) is 0. The second-order valence-electron chi connectivity index (χ2n) is 6.61. The molecule has 0 aromatic heterocycles. The van der Waals surface area contributed by atoms with E-state index in [-0.39, 0.29) is 30.2 Å². The molecular weight excluding hydrogens is 373 g/mol. The van der Waals surface area contributed by atoms with Crippen molar-refractivity contribution < 1.29 is 27.5 Å². The summed E-state index contributed by atoms with van der Waals surface area (Å²) in [4.78, 5) is 23.9. The monoisotopic (exact) mass is 392 g/mol. The van der Waals surface area contributed by atoms with Gasteiger partial charge in [0.05, 0.1) is 11.6 Å². The molecule has 2 amide bonds. The first-order valence-electron chi connectivity index (χ1n) is 8.76. The number of anilines is 1. The molecule has 5 nitrogen and oxygen atoms in total. The van der Waals surface area contributed by atoms with E-state index in [0.29, 0.717) is 12.8 Å². The lowest BCUT2D eigenvalue weighted by Crippen LogP contribution is -2.44. The number of rotatable bonds is 4. The summed E-state index contributed by atoms with van der Waals surface area (Å²) in [6.45, 7) is -0.0696. The van der Waals surface area contributed by atoms with Crippen molar-refractivity contribution in [3.05, 3.63) is 65.7 Å². The summed E-state index contributed by atoms with van der Waals surface area (Å²) in [5, 5.41) is 5.05. The predicted octanol–water partition coefficient (Wildman–Crippen LogP) is 4.32. The highest BCUT2D eigenvalue weighted by atomic mass is 19.4. The highest BCUT2D eigenvalue weighted by molar-refractivity contribution is 5.84. The third-order valence-corrected chi connectivity index (χ3v) is 4.49. The second kappa shape index (κ2) is 8.33. The Labute approximate surface area is 159 Å². The fourth-order valence-electron chi connectivity index (χ4n) is 3.19. The van der Waals surface area contributed by atoms with E-state index in [1.54, 1.807) is 0 Å². The Balaban J connectivity index is 1.55. The largest absolute Gasteiger partial charge is 0.447 e. The highest BCUT2D eigenvalue weighted by Crippen LogP contribution is 2.31. The molecule has 3 rings (SSSR count). The minimum absolute atomic E-state index is 0.0188. The number of carbonyl (C=O) groups excluding carboxylic acids is 2. The van der Waals surface area contributed by atoms with Crippen LogP contribution >= 0.6 is 0 Å². The minimum atomic E-state index is -4.50. The first-order chi connectivity index (χ1) is 13.3. The first kappa shape index (κ1) is 19.7. The van der Waals surface area contributed by atoms with Gasteiger partial charge in [-0.2, -0.15) is 13.2 Å². The van der Waals surface area contributed by atoms with Gasteiger partial charge in [0.1, 0.15) is 6.61 Å². The molecule has 1 aliphatic heterocycles. The van der Waals surface area contributed by atoms with Crippen LogP contribution in [0.1, 0.15) is 29.9 Å². The third kappa shape index (κ3) is 5.25. The summed E-state index contributed by atoms with van der Waals surface area (Å²) in [5.41, 5.74) is 0.154. The molecular formula is C20H19F3N2O3. The lowest BCUT2D eigenvalue weighted by molar-refractivity contribution is -0.137. The van der Waals surface area contributed by atoms with Crippen molar-refractivity contribution in [2.45, 2.75) is 31.0 Å². The Morgan fingerprint density at radius 1 is 1.14 bits per heavy atom. The Hall–Kier alpha value is -3.03. The molecule has 0 unspecified atom stereocenters. The maximum absolute atomic E-state index is 12.7. The van der Waals surface area contributed by atoms with E-state index in [9.17, 15) is 22.8 Å². The van der Waals surface area contributed by atoms with Gasteiger partial charge >= 0.3 is 12.3 Å². The molecule has 0 spiro atoms. The van der Waals surface area contributed by atoms with Crippen LogP contribution in [0.3, 0.4) is 0 Å². The van der Waals surface area contributed by atoms with Gasteiger partial charge in [-0.25, -0.2) is 4.79 Å². The summed E-state index contributed by atoms with van der Waals surface area (Å²) in [5.74, 6) is -0.109. The number of halogens is 3. The van der Waals surface area contributed by atoms with Crippen molar-refractivity contribution >= 4 is 17.7 Å². The van der Waals surface area contributed by atoms with Gasteiger partial charge in [0, 0.05) is 12.1 Å². The number of amides is 2. The molecule has 1 heterocycles. The van der Waals surface area contributed by atoms with Gasteiger partial charge in [0.2, 0.25) is 5.91 Å². The van der Waals surface area contributed by atoms with Gasteiger partial charge in [-0.15, -0.1) is 0 Å². The number of piperidine rings is 1. The van der Waals surface area contributed by atoms with Crippen LogP contribution in [0.2, 0.25) is 0 Å². The summed E-state index contributed by atoms with van der Waals surface area (Å²) in [6.07, 6.45) is -4.42. The van der Waals surface area contributed by atoms with Gasteiger partial charge < -0.3 is 10.1 Å². The Morgan fingerprint density at radius 3 is 2.61 bits per heavy atom. The molecule has 148 valence electrons. The van der Waals surface area contributed by atoms with Gasteiger partial charge in [0.25, 0.3) is 0 Å². The number of carbonyl (C=O) groups is 2. The Kier molecular flexibility index (Phi) is 5.87. The molecule has 2 atom stereocenters. The zero-order valence-corrected chi connectivity index (χ0v) is 14.8. The molecule has 8 heteroatoms. The standard InChI is InChI=1S/C20H19F3N2O3/c21-20(22,23)15-7-4-8-16(11-15)25-19(27)28-12-17-9-14(10-18(26)24-17)13-5-2-1-3-6-13/h1-8,11,14,17H,9-10,12H2,(H,24,26)(H,25,27)/t14-,17-/m0/s1. The number of benzene rings is 2. The maximum atomic E-state index is 12.7. The first-order valence-corrected chi connectivity index (χ1v) is 8.76. The van der Waals surface area contributed by atoms with Crippen molar-refractivity contribution in [3.8, 4) is 0 Å². The fraction of sp³-hybridized carbons (Fsp3) is 0.300. The number of ether oxygens (including phenoxy) is 1. The van der Waals surface area contributed by atoms with Gasteiger partial charge in [0.15, 0.2) is 0 Å². The van der Waals surface area contributed by atoms with Crippen LogP contribution in [0.5, 0.6) is 0 Å². The Bertz CT molecular complexity index is 840. The van der Waals surface area contributed by atoms with Crippen molar-refractivity contribution in [1.29, 1.82) is 0 Å². The maximum Gasteiger partial charge on any atom is 0.416 e. The average Bonchev–Trinajstić information content (AvgIpc) is 2.66. The smallest absolute Gasteiger partial charge is 0.416 e. The van der Waals surface area contributed by atoms with Crippen molar-refractivity contribution in [1.82, 2.24) is 5.32 Å². The van der Waals surface area contributed by atoms with E-state index in [4.69, 9.17) is 4.74 Å². The minimum Gasteiger partial charge on any atom is -0.447 e. The van der Waals surface area contributed by atoms with Crippen molar-refractivity contribution in [2.75, 3.05) is 11.9 Å². The van der Waals surface area contributed by atoms with Gasteiger partial charge in [-0.1, -0.05) is 36.4 Å². The van der Waals surface area contributed by atoms with E-state index in [1.165, 1.54) is 12.1 Å². The topological polar surface area (TPSA) is 67.4 Å². The molecule has 1 aliphatic rings. The molecule has 0 radical (unpaired) electrons. The summed E-state index contributed by atoms with van der Waals surface area (Å²) in [6, 6.07) is 13.5. The van der Waals surface area contributed by atoms with Crippen LogP contribution in [0.15, 0.2) is 54.6 Å². The zero-order valence-electron chi connectivity index (χ0n) is 14.8. The molecule has 28 heavy (non-hydrogen) atoms. The summed E-state index contributed by atoms with van der Waals surface area (Å²) >= 11 is 0. The van der Waals surface area contributed by atoms with E-state index < -0.39 is 17.8 Å². The van der Waals surface area contributed by atoms with Crippen LogP contribution in [-0.4, -0.2) is 24.6 Å². The third-order valence-electron chi connectivity index (χ3n) is 4.49. The zero-order chi connectivity index (χ0) is 20.1. The van der Waals surface area contributed by atoms with E-state index in [1.807, 2.05) is 30.3 Å².